The third-order valence-electron chi connectivity index (χ3n) is 4.12. The topological polar surface area (TPSA) is 104 Å². The van der Waals surface area contributed by atoms with Crippen LogP contribution < -0.4 is 5.32 Å². The number of halogens is 1. The van der Waals surface area contributed by atoms with Gasteiger partial charge in [-0.2, -0.15) is 4.98 Å². The van der Waals surface area contributed by atoms with E-state index in [9.17, 15) is 14.0 Å². The van der Waals surface area contributed by atoms with Gasteiger partial charge in [-0.3, -0.25) is 5.32 Å². The minimum absolute atomic E-state index is 0.0696. The number of rotatable bonds is 6. The van der Waals surface area contributed by atoms with E-state index in [1.165, 1.54) is 12.1 Å². The molecule has 0 aliphatic heterocycles. The van der Waals surface area contributed by atoms with Crippen LogP contribution in [0.25, 0.3) is 11.4 Å². The second kappa shape index (κ2) is 9.17. The molecule has 0 fully saturated rings. The number of nitrogens with one attached hydrogen (secondary N) is 1. The highest BCUT2D eigenvalue weighted by atomic mass is 19.1. The summed E-state index contributed by atoms with van der Waals surface area (Å²) in [6.45, 7) is 5.14. The van der Waals surface area contributed by atoms with Gasteiger partial charge >= 0.3 is 12.1 Å². The Balaban J connectivity index is 1.68. The highest BCUT2D eigenvalue weighted by Gasteiger charge is 2.21. The van der Waals surface area contributed by atoms with Crippen molar-refractivity contribution < 1.29 is 28.0 Å². The molecule has 1 unspecified atom stereocenters. The first-order valence-corrected chi connectivity index (χ1v) is 9.22. The van der Waals surface area contributed by atoms with Gasteiger partial charge in [-0.05, 0) is 50.6 Å². The zero-order chi connectivity index (χ0) is 21.7. The lowest BCUT2D eigenvalue weighted by molar-refractivity contribution is 0.0265. The van der Waals surface area contributed by atoms with Crippen LogP contribution >= 0.6 is 0 Å². The number of aromatic nitrogens is 2. The maximum Gasteiger partial charge on any atom is 0.411 e. The van der Waals surface area contributed by atoms with Gasteiger partial charge in [0.25, 0.3) is 5.89 Å². The maximum atomic E-state index is 13.8. The van der Waals surface area contributed by atoms with E-state index in [0.717, 1.165) is 0 Å². The zero-order valence-corrected chi connectivity index (χ0v) is 16.6. The van der Waals surface area contributed by atoms with E-state index in [1.54, 1.807) is 51.1 Å². The van der Waals surface area contributed by atoms with Gasteiger partial charge in [0, 0.05) is 11.3 Å². The largest absolute Gasteiger partial charge is 0.450 e. The summed E-state index contributed by atoms with van der Waals surface area (Å²) < 4.78 is 29.1. The monoisotopic (exact) mass is 413 g/mol. The third kappa shape index (κ3) is 4.99. The molecule has 9 heteroatoms. The molecule has 3 aromatic rings. The van der Waals surface area contributed by atoms with Crippen molar-refractivity contribution in [3.8, 4) is 11.4 Å². The number of aryl methyl sites for hydroxylation is 1. The van der Waals surface area contributed by atoms with Gasteiger partial charge in [0.15, 0.2) is 6.10 Å². The number of hydrogen-bond donors (Lipinski definition) is 1. The lowest BCUT2D eigenvalue weighted by atomic mass is 10.1. The molecular weight excluding hydrogens is 393 g/mol. The molecule has 0 saturated carbocycles. The van der Waals surface area contributed by atoms with Crippen LogP contribution in [-0.4, -0.2) is 28.8 Å². The molecule has 0 spiro atoms. The van der Waals surface area contributed by atoms with Crippen molar-refractivity contribution in [2.45, 2.75) is 26.9 Å². The van der Waals surface area contributed by atoms with Gasteiger partial charge in [0.05, 0.1) is 12.2 Å². The minimum atomic E-state index is -0.837. The van der Waals surface area contributed by atoms with E-state index in [0.29, 0.717) is 16.8 Å². The van der Waals surface area contributed by atoms with Crippen LogP contribution in [0.3, 0.4) is 0 Å². The molecular formula is C21H20FN3O5. The Hall–Kier alpha value is -3.75. The number of esters is 1. The molecule has 0 aliphatic rings. The lowest BCUT2D eigenvalue weighted by Gasteiger charge is -2.10. The Morgan fingerprint density at radius 3 is 2.77 bits per heavy atom. The van der Waals surface area contributed by atoms with Crippen molar-refractivity contribution in [1.29, 1.82) is 0 Å². The first-order valence-electron chi connectivity index (χ1n) is 9.22. The van der Waals surface area contributed by atoms with Crippen molar-refractivity contribution in [1.82, 2.24) is 10.1 Å². The molecule has 0 radical (unpaired) electrons. The SMILES string of the molecule is CCOC(=O)Nc1cccc(C(=O)OC(C)c2nc(-c3ccc(C)c(F)c3)no2)c1. The molecule has 1 amide bonds. The van der Waals surface area contributed by atoms with Crippen LogP contribution in [0.5, 0.6) is 0 Å². The number of carbonyl (C=O) groups excluding carboxylic acids is 2. The molecule has 0 saturated heterocycles. The van der Waals surface area contributed by atoms with Crippen LogP contribution in [0.15, 0.2) is 47.0 Å². The summed E-state index contributed by atoms with van der Waals surface area (Å²) in [4.78, 5) is 28.1. The summed E-state index contributed by atoms with van der Waals surface area (Å²) in [6.07, 6.45) is -1.46. The Morgan fingerprint density at radius 2 is 2.03 bits per heavy atom. The fourth-order valence-corrected chi connectivity index (χ4v) is 2.54. The molecule has 1 aromatic heterocycles. The number of carbonyl (C=O) groups is 2. The van der Waals surface area contributed by atoms with E-state index in [-0.39, 0.29) is 29.7 Å². The molecule has 1 heterocycles. The maximum absolute atomic E-state index is 13.8. The Labute approximate surface area is 172 Å². The first-order chi connectivity index (χ1) is 14.4. The Morgan fingerprint density at radius 1 is 1.23 bits per heavy atom. The van der Waals surface area contributed by atoms with Crippen molar-refractivity contribution in [2.24, 2.45) is 0 Å². The van der Waals surface area contributed by atoms with Gasteiger partial charge in [-0.1, -0.05) is 23.4 Å². The number of benzene rings is 2. The van der Waals surface area contributed by atoms with Crippen LogP contribution in [0, 0.1) is 12.7 Å². The number of amides is 1. The number of ether oxygens (including phenoxy) is 2. The zero-order valence-electron chi connectivity index (χ0n) is 16.6. The number of hydrogen-bond acceptors (Lipinski definition) is 7. The second-order valence-electron chi connectivity index (χ2n) is 6.39. The predicted octanol–water partition coefficient (Wildman–Crippen LogP) is 4.67. The quantitative estimate of drug-likeness (QED) is 0.586. The molecule has 8 nitrogen and oxygen atoms in total. The van der Waals surface area contributed by atoms with E-state index in [1.807, 2.05) is 0 Å². The van der Waals surface area contributed by atoms with E-state index in [4.69, 9.17) is 14.0 Å². The Bertz CT molecular complexity index is 1070. The van der Waals surface area contributed by atoms with Crippen molar-refractivity contribution in [3.63, 3.8) is 0 Å². The van der Waals surface area contributed by atoms with Gasteiger partial charge in [0.2, 0.25) is 5.82 Å². The predicted molar refractivity (Wildman–Crippen MR) is 105 cm³/mol. The third-order valence-corrected chi connectivity index (χ3v) is 4.12. The summed E-state index contributed by atoms with van der Waals surface area (Å²) in [7, 11) is 0. The molecule has 1 N–H and O–H groups in total. The van der Waals surface area contributed by atoms with E-state index in [2.05, 4.69) is 15.5 Å². The van der Waals surface area contributed by atoms with Crippen LogP contribution in [0.4, 0.5) is 14.9 Å². The average Bonchev–Trinajstić information content (AvgIpc) is 3.21. The molecule has 156 valence electrons. The van der Waals surface area contributed by atoms with E-state index >= 15 is 0 Å². The minimum Gasteiger partial charge on any atom is -0.450 e. The van der Waals surface area contributed by atoms with Crippen LogP contribution in [0.2, 0.25) is 0 Å². The lowest BCUT2D eigenvalue weighted by Crippen LogP contribution is -2.14. The average molecular weight is 413 g/mol. The Kier molecular flexibility index (Phi) is 6.41. The smallest absolute Gasteiger partial charge is 0.411 e. The molecule has 1 atom stereocenters. The van der Waals surface area contributed by atoms with Crippen molar-refractivity contribution in [3.05, 3.63) is 65.3 Å². The summed E-state index contributed by atoms with van der Waals surface area (Å²) in [6, 6.07) is 10.8. The molecule has 0 aliphatic carbocycles. The highest BCUT2D eigenvalue weighted by molar-refractivity contribution is 5.92. The molecule has 3 rings (SSSR count). The van der Waals surface area contributed by atoms with Gasteiger partial charge < -0.3 is 14.0 Å². The molecule has 30 heavy (non-hydrogen) atoms. The molecule has 2 aromatic carbocycles. The van der Waals surface area contributed by atoms with Crippen LogP contribution in [0.1, 0.15) is 41.8 Å². The fraction of sp³-hybridized carbons (Fsp3) is 0.238. The summed E-state index contributed by atoms with van der Waals surface area (Å²) >= 11 is 0. The second-order valence-corrected chi connectivity index (χ2v) is 6.39. The fourth-order valence-electron chi connectivity index (χ4n) is 2.54. The standard InChI is InChI=1S/C21H20FN3O5/c1-4-28-21(27)23-16-7-5-6-15(10-16)20(26)29-13(3)19-24-18(25-30-19)14-9-8-12(2)17(22)11-14/h5-11,13H,4H2,1-3H3,(H,23,27). The summed E-state index contributed by atoms with van der Waals surface area (Å²) in [5.74, 6) is -0.765. The summed E-state index contributed by atoms with van der Waals surface area (Å²) in [5, 5.41) is 6.33. The van der Waals surface area contributed by atoms with Crippen molar-refractivity contribution >= 4 is 17.7 Å². The van der Waals surface area contributed by atoms with Crippen molar-refractivity contribution in [2.75, 3.05) is 11.9 Å². The van der Waals surface area contributed by atoms with Gasteiger partial charge in [0.1, 0.15) is 5.82 Å². The van der Waals surface area contributed by atoms with Crippen LogP contribution in [-0.2, 0) is 9.47 Å². The normalized spacial score (nSPS) is 11.6. The van der Waals surface area contributed by atoms with Gasteiger partial charge in [-0.25, -0.2) is 14.0 Å². The molecule has 0 bridgehead atoms. The summed E-state index contributed by atoms with van der Waals surface area (Å²) in [5.41, 5.74) is 1.56. The number of nitrogens with zero attached hydrogens (tertiary/aromatic N) is 2. The highest BCUT2D eigenvalue weighted by Crippen LogP contribution is 2.23. The van der Waals surface area contributed by atoms with E-state index < -0.39 is 18.2 Å². The first kappa shape index (κ1) is 21.0. The van der Waals surface area contributed by atoms with Gasteiger partial charge in [-0.15, -0.1) is 0 Å². The number of anilines is 1.